The molecule has 0 unspecified atom stereocenters. The molecule has 0 spiro atoms. The van der Waals surface area contributed by atoms with E-state index in [-0.39, 0.29) is 0 Å². The zero-order valence-corrected chi connectivity index (χ0v) is 14.6. The highest BCUT2D eigenvalue weighted by Crippen LogP contribution is 2.25. The fourth-order valence-corrected chi connectivity index (χ4v) is 3.39. The molecule has 1 aromatic carbocycles. The molecule has 3 heterocycles. The summed E-state index contributed by atoms with van der Waals surface area (Å²) in [5.74, 6) is 1.49. The van der Waals surface area contributed by atoms with Gasteiger partial charge in [0.15, 0.2) is 5.82 Å². The molecule has 0 amide bonds. The Morgan fingerprint density at radius 3 is 2.76 bits per heavy atom. The maximum Gasteiger partial charge on any atom is 0.163 e. The summed E-state index contributed by atoms with van der Waals surface area (Å²) in [4.78, 5) is 19.3. The molecule has 0 radical (unpaired) electrons. The molecule has 0 saturated heterocycles. The van der Waals surface area contributed by atoms with E-state index in [0.29, 0.717) is 12.4 Å². The lowest BCUT2D eigenvalue weighted by atomic mass is 10.2. The average Bonchev–Trinajstić information content (AvgIpc) is 3.15. The van der Waals surface area contributed by atoms with Crippen LogP contribution in [0, 0.1) is 0 Å². The average molecular weight is 347 g/mol. The highest BCUT2D eigenvalue weighted by atomic mass is 32.1. The predicted octanol–water partition coefficient (Wildman–Crippen LogP) is 4.32. The minimum Gasteiger partial charge on any atom is -0.363 e. The van der Waals surface area contributed by atoms with Gasteiger partial charge >= 0.3 is 0 Å². The van der Waals surface area contributed by atoms with Gasteiger partial charge in [-0.05, 0) is 30.7 Å². The van der Waals surface area contributed by atoms with E-state index in [2.05, 4.69) is 27.2 Å². The standard InChI is InChI=1S/C19H17N5S/c1-2-14-11-21-17(25-14)12-22-19-15-7-3-4-8-16(15)23-18(24-19)13-6-5-9-20-10-13/h3-11H,2,12H2,1H3,(H,22,23,24). The van der Waals surface area contributed by atoms with Gasteiger partial charge in [-0.25, -0.2) is 15.0 Å². The van der Waals surface area contributed by atoms with Crippen LogP contribution in [0.25, 0.3) is 22.3 Å². The van der Waals surface area contributed by atoms with Crippen molar-refractivity contribution < 1.29 is 0 Å². The van der Waals surface area contributed by atoms with Crippen LogP contribution >= 0.6 is 11.3 Å². The lowest BCUT2D eigenvalue weighted by molar-refractivity contribution is 1.07. The highest BCUT2D eigenvalue weighted by molar-refractivity contribution is 7.11. The smallest absolute Gasteiger partial charge is 0.163 e. The first-order valence-electron chi connectivity index (χ1n) is 8.18. The third-order valence-electron chi connectivity index (χ3n) is 3.88. The van der Waals surface area contributed by atoms with Gasteiger partial charge in [0, 0.05) is 34.4 Å². The summed E-state index contributed by atoms with van der Waals surface area (Å²) in [6.07, 6.45) is 6.49. The molecule has 4 rings (SSSR count). The molecule has 4 aromatic rings. The van der Waals surface area contributed by atoms with Gasteiger partial charge in [-0.2, -0.15) is 0 Å². The Kier molecular flexibility index (Phi) is 4.35. The van der Waals surface area contributed by atoms with Crippen molar-refractivity contribution in [1.29, 1.82) is 0 Å². The zero-order valence-electron chi connectivity index (χ0n) is 13.8. The third kappa shape index (κ3) is 3.34. The number of rotatable bonds is 5. The van der Waals surface area contributed by atoms with Crippen molar-refractivity contribution in [3.05, 3.63) is 64.9 Å². The van der Waals surface area contributed by atoms with Crippen LogP contribution in [0.5, 0.6) is 0 Å². The number of aromatic nitrogens is 4. The minimum atomic E-state index is 0.651. The second kappa shape index (κ2) is 6.94. The van der Waals surface area contributed by atoms with Crippen LogP contribution in [0.15, 0.2) is 55.0 Å². The fourth-order valence-electron chi connectivity index (χ4n) is 2.59. The van der Waals surface area contributed by atoms with E-state index in [9.17, 15) is 0 Å². The summed E-state index contributed by atoms with van der Waals surface area (Å²) in [6.45, 7) is 2.79. The summed E-state index contributed by atoms with van der Waals surface area (Å²) in [5.41, 5.74) is 1.81. The Morgan fingerprint density at radius 2 is 1.96 bits per heavy atom. The minimum absolute atomic E-state index is 0.651. The Morgan fingerprint density at radius 1 is 1.04 bits per heavy atom. The number of hydrogen-bond donors (Lipinski definition) is 1. The van der Waals surface area contributed by atoms with E-state index < -0.39 is 0 Å². The molecule has 5 nitrogen and oxygen atoms in total. The molecular weight excluding hydrogens is 330 g/mol. The first kappa shape index (κ1) is 15.7. The van der Waals surface area contributed by atoms with Gasteiger partial charge in [0.2, 0.25) is 0 Å². The highest BCUT2D eigenvalue weighted by Gasteiger charge is 2.10. The quantitative estimate of drug-likeness (QED) is 0.582. The van der Waals surface area contributed by atoms with Crippen LogP contribution in [-0.2, 0) is 13.0 Å². The molecule has 0 aliphatic heterocycles. The number of para-hydroxylation sites is 1. The number of thiazole rings is 1. The molecule has 0 bridgehead atoms. The van der Waals surface area contributed by atoms with Crippen molar-refractivity contribution in [3.63, 3.8) is 0 Å². The molecule has 0 atom stereocenters. The summed E-state index contributed by atoms with van der Waals surface area (Å²) < 4.78 is 0. The second-order valence-corrected chi connectivity index (χ2v) is 6.78. The van der Waals surface area contributed by atoms with Crippen molar-refractivity contribution in [3.8, 4) is 11.4 Å². The van der Waals surface area contributed by atoms with Crippen LogP contribution in [0.4, 0.5) is 5.82 Å². The molecular formula is C19H17N5S. The third-order valence-corrected chi connectivity index (χ3v) is 5.02. The molecule has 0 aliphatic rings. The van der Waals surface area contributed by atoms with Gasteiger partial charge in [-0.15, -0.1) is 11.3 Å². The van der Waals surface area contributed by atoms with Crippen molar-refractivity contribution in [2.45, 2.75) is 19.9 Å². The lowest BCUT2D eigenvalue weighted by Gasteiger charge is -2.10. The van der Waals surface area contributed by atoms with Crippen LogP contribution in [0.3, 0.4) is 0 Å². The van der Waals surface area contributed by atoms with Gasteiger partial charge in [0.1, 0.15) is 10.8 Å². The number of aryl methyl sites for hydroxylation is 1. The first-order chi connectivity index (χ1) is 12.3. The Labute approximate surface area is 149 Å². The van der Waals surface area contributed by atoms with Crippen LogP contribution in [0.2, 0.25) is 0 Å². The van der Waals surface area contributed by atoms with E-state index in [1.807, 2.05) is 42.6 Å². The van der Waals surface area contributed by atoms with Crippen molar-refractivity contribution in [2.75, 3.05) is 5.32 Å². The van der Waals surface area contributed by atoms with Crippen LogP contribution in [0.1, 0.15) is 16.8 Å². The molecule has 1 N–H and O–H groups in total. The number of fused-ring (bicyclic) bond motifs is 1. The van der Waals surface area contributed by atoms with Crippen LogP contribution in [-0.4, -0.2) is 19.9 Å². The summed E-state index contributed by atoms with van der Waals surface area (Å²) in [6, 6.07) is 11.9. The first-order valence-corrected chi connectivity index (χ1v) is 9.00. The SMILES string of the molecule is CCc1cnc(CNc2nc(-c3cccnc3)nc3ccccc23)s1. The molecule has 0 fully saturated rings. The monoisotopic (exact) mass is 347 g/mol. The largest absolute Gasteiger partial charge is 0.363 e. The maximum atomic E-state index is 4.73. The fraction of sp³-hybridized carbons (Fsp3) is 0.158. The van der Waals surface area contributed by atoms with Crippen molar-refractivity contribution in [2.24, 2.45) is 0 Å². The predicted molar refractivity (Wildman–Crippen MR) is 102 cm³/mol. The maximum absolute atomic E-state index is 4.73. The number of nitrogens with one attached hydrogen (secondary N) is 1. The Balaban J connectivity index is 1.71. The summed E-state index contributed by atoms with van der Waals surface area (Å²) in [7, 11) is 0. The van der Waals surface area contributed by atoms with Crippen molar-refractivity contribution >= 4 is 28.1 Å². The van der Waals surface area contributed by atoms with Gasteiger partial charge in [-0.1, -0.05) is 19.1 Å². The normalized spacial score (nSPS) is 10.9. The van der Waals surface area contributed by atoms with E-state index in [1.54, 1.807) is 23.7 Å². The zero-order chi connectivity index (χ0) is 17.1. The summed E-state index contributed by atoms with van der Waals surface area (Å²) >= 11 is 1.73. The second-order valence-electron chi connectivity index (χ2n) is 5.58. The Hall–Kier alpha value is -2.86. The molecule has 124 valence electrons. The summed E-state index contributed by atoms with van der Waals surface area (Å²) in [5, 5.41) is 5.49. The lowest BCUT2D eigenvalue weighted by Crippen LogP contribution is -2.04. The van der Waals surface area contributed by atoms with Gasteiger partial charge in [0.05, 0.1) is 12.1 Å². The molecule has 0 saturated carbocycles. The van der Waals surface area contributed by atoms with E-state index in [0.717, 1.165) is 33.7 Å². The molecule has 3 aromatic heterocycles. The number of nitrogens with zero attached hydrogens (tertiary/aromatic N) is 4. The van der Waals surface area contributed by atoms with E-state index in [4.69, 9.17) is 4.98 Å². The number of pyridine rings is 1. The topological polar surface area (TPSA) is 63.6 Å². The Bertz CT molecular complexity index is 997. The van der Waals surface area contributed by atoms with Gasteiger partial charge in [-0.3, -0.25) is 4.98 Å². The van der Waals surface area contributed by atoms with E-state index in [1.165, 1.54) is 4.88 Å². The number of benzene rings is 1. The molecule has 0 aliphatic carbocycles. The number of hydrogen-bond acceptors (Lipinski definition) is 6. The molecule has 25 heavy (non-hydrogen) atoms. The molecule has 6 heteroatoms. The van der Waals surface area contributed by atoms with Crippen molar-refractivity contribution in [1.82, 2.24) is 19.9 Å². The van der Waals surface area contributed by atoms with Gasteiger partial charge in [0.25, 0.3) is 0 Å². The van der Waals surface area contributed by atoms with Gasteiger partial charge < -0.3 is 5.32 Å². The van der Waals surface area contributed by atoms with Crippen LogP contribution < -0.4 is 5.32 Å². The van der Waals surface area contributed by atoms with E-state index >= 15 is 0 Å². The number of anilines is 1.